The van der Waals surface area contributed by atoms with Crippen LogP contribution in [0.2, 0.25) is 0 Å². The molecule has 2 fully saturated rings. The van der Waals surface area contributed by atoms with Crippen molar-refractivity contribution in [2.75, 3.05) is 6.54 Å². The highest BCUT2D eigenvalue weighted by Gasteiger charge is 2.47. The summed E-state index contributed by atoms with van der Waals surface area (Å²) in [4.78, 5) is 4.44. The molecule has 2 unspecified atom stereocenters. The van der Waals surface area contributed by atoms with E-state index in [0.717, 1.165) is 36.6 Å². The monoisotopic (exact) mass is 207 g/mol. The maximum Gasteiger partial charge on any atom is 0.229 e. The molecule has 1 aromatic heterocycles. The Hall–Kier alpha value is -0.900. The Kier molecular flexibility index (Phi) is 2.24. The van der Waals surface area contributed by atoms with Crippen LogP contribution in [0.5, 0.6) is 0 Å². The smallest absolute Gasteiger partial charge is 0.229 e. The van der Waals surface area contributed by atoms with Gasteiger partial charge in [0.05, 0.1) is 6.54 Å². The fraction of sp³-hybridized carbons (Fsp3) is 0.818. The van der Waals surface area contributed by atoms with E-state index in [0.29, 0.717) is 5.92 Å². The first-order valence-electron chi connectivity index (χ1n) is 5.90. The summed E-state index contributed by atoms with van der Waals surface area (Å²) in [5, 5.41) is 7.19. The summed E-state index contributed by atoms with van der Waals surface area (Å²) in [6.07, 6.45) is 3.98. The van der Waals surface area contributed by atoms with Crippen LogP contribution in [-0.4, -0.2) is 16.7 Å². The molecule has 4 nitrogen and oxygen atoms in total. The van der Waals surface area contributed by atoms with Crippen molar-refractivity contribution in [1.29, 1.82) is 0 Å². The van der Waals surface area contributed by atoms with Gasteiger partial charge in [0, 0.05) is 5.92 Å². The summed E-state index contributed by atoms with van der Waals surface area (Å²) in [7, 11) is 0. The lowest BCUT2D eigenvalue weighted by molar-refractivity contribution is 0.342. The van der Waals surface area contributed by atoms with Gasteiger partial charge in [0.25, 0.3) is 0 Å². The van der Waals surface area contributed by atoms with Crippen molar-refractivity contribution < 1.29 is 4.52 Å². The molecule has 0 spiro atoms. The van der Waals surface area contributed by atoms with Gasteiger partial charge in [0.1, 0.15) is 0 Å². The van der Waals surface area contributed by atoms with Crippen molar-refractivity contribution in [3.8, 4) is 0 Å². The van der Waals surface area contributed by atoms with Gasteiger partial charge in [0.15, 0.2) is 5.82 Å². The van der Waals surface area contributed by atoms with Gasteiger partial charge < -0.3 is 9.84 Å². The Morgan fingerprint density at radius 2 is 2.13 bits per heavy atom. The lowest BCUT2D eigenvalue weighted by atomic mass is 10.0. The third kappa shape index (κ3) is 1.78. The highest BCUT2D eigenvalue weighted by Crippen LogP contribution is 2.57. The van der Waals surface area contributed by atoms with E-state index < -0.39 is 0 Å². The van der Waals surface area contributed by atoms with E-state index in [9.17, 15) is 0 Å². The van der Waals surface area contributed by atoms with Crippen LogP contribution in [0.4, 0.5) is 0 Å². The summed E-state index contributed by atoms with van der Waals surface area (Å²) in [5.41, 5.74) is 0. The summed E-state index contributed by atoms with van der Waals surface area (Å²) < 4.78 is 5.31. The van der Waals surface area contributed by atoms with Crippen molar-refractivity contribution in [2.45, 2.75) is 38.6 Å². The quantitative estimate of drug-likeness (QED) is 0.816. The maximum atomic E-state index is 5.31. The fourth-order valence-electron chi connectivity index (χ4n) is 2.66. The number of hydrogen-bond donors (Lipinski definition) is 1. The average molecular weight is 207 g/mol. The minimum absolute atomic E-state index is 0.552. The van der Waals surface area contributed by atoms with E-state index >= 15 is 0 Å². The second kappa shape index (κ2) is 3.59. The molecular weight excluding hydrogens is 190 g/mol. The van der Waals surface area contributed by atoms with Gasteiger partial charge >= 0.3 is 0 Å². The summed E-state index contributed by atoms with van der Waals surface area (Å²) in [6, 6.07) is 0. The molecule has 1 heterocycles. The van der Waals surface area contributed by atoms with E-state index in [4.69, 9.17) is 4.52 Å². The zero-order valence-electron chi connectivity index (χ0n) is 9.07. The molecule has 2 saturated carbocycles. The first kappa shape index (κ1) is 9.33. The number of fused-ring (bicyclic) bond motifs is 1. The maximum absolute atomic E-state index is 5.31. The van der Waals surface area contributed by atoms with Crippen LogP contribution in [0.3, 0.4) is 0 Å². The molecule has 1 aromatic rings. The Balaban J connectivity index is 1.63. The predicted octanol–water partition coefficient (Wildman–Crippen LogP) is 1.69. The molecule has 0 bridgehead atoms. The molecule has 0 amide bonds. The first-order chi connectivity index (χ1) is 7.36. The molecule has 15 heavy (non-hydrogen) atoms. The number of aromatic nitrogens is 2. The molecule has 2 aliphatic rings. The highest BCUT2D eigenvalue weighted by molar-refractivity contribution is 5.06. The second-order valence-corrected chi connectivity index (χ2v) is 4.75. The summed E-state index contributed by atoms with van der Waals surface area (Å²) >= 11 is 0. The summed E-state index contributed by atoms with van der Waals surface area (Å²) in [5.74, 6) is 4.16. The van der Waals surface area contributed by atoms with E-state index in [-0.39, 0.29) is 0 Å². The molecule has 82 valence electrons. The molecular formula is C11H17N3O. The zero-order valence-corrected chi connectivity index (χ0v) is 9.07. The van der Waals surface area contributed by atoms with Gasteiger partial charge in [-0.3, -0.25) is 0 Å². The zero-order chi connectivity index (χ0) is 10.3. The topological polar surface area (TPSA) is 51.0 Å². The van der Waals surface area contributed by atoms with Crippen molar-refractivity contribution in [1.82, 2.24) is 15.5 Å². The Bertz CT molecular complexity index is 339. The second-order valence-electron chi connectivity index (χ2n) is 4.75. The third-order valence-corrected chi connectivity index (χ3v) is 3.61. The van der Waals surface area contributed by atoms with Crippen LogP contribution >= 0.6 is 0 Å². The van der Waals surface area contributed by atoms with Crippen LogP contribution in [-0.2, 0) is 6.54 Å². The lowest BCUT2D eigenvalue weighted by Crippen LogP contribution is -2.12. The van der Waals surface area contributed by atoms with Gasteiger partial charge in [-0.05, 0) is 37.6 Å². The van der Waals surface area contributed by atoms with Crippen LogP contribution in [0.15, 0.2) is 4.52 Å². The highest BCUT2D eigenvalue weighted by atomic mass is 16.5. The third-order valence-electron chi connectivity index (χ3n) is 3.61. The predicted molar refractivity (Wildman–Crippen MR) is 55.3 cm³/mol. The molecule has 0 aromatic carbocycles. The Labute approximate surface area is 89.4 Å². The molecule has 0 aliphatic heterocycles. The van der Waals surface area contributed by atoms with Gasteiger partial charge in [-0.15, -0.1) is 0 Å². The first-order valence-corrected chi connectivity index (χ1v) is 5.90. The minimum Gasteiger partial charge on any atom is -0.339 e. The van der Waals surface area contributed by atoms with Gasteiger partial charge in [0.2, 0.25) is 5.89 Å². The number of nitrogens with zero attached hydrogens (tertiary/aromatic N) is 2. The normalized spacial score (nSPS) is 33.0. The van der Waals surface area contributed by atoms with Crippen LogP contribution in [0.1, 0.15) is 43.8 Å². The Morgan fingerprint density at radius 1 is 1.33 bits per heavy atom. The van der Waals surface area contributed by atoms with Crippen molar-refractivity contribution >= 4 is 0 Å². The van der Waals surface area contributed by atoms with Gasteiger partial charge in [-0.1, -0.05) is 12.1 Å². The van der Waals surface area contributed by atoms with E-state index in [1.165, 1.54) is 19.3 Å². The number of rotatable bonds is 4. The standard InChI is InChI=1S/C11H17N3O/c1-2-12-6-10-13-11(15-14-10)9-4-7-3-8(7)5-9/h7-9,12H,2-6H2,1H3. The molecule has 0 radical (unpaired) electrons. The fourth-order valence-corrected chi connectivity index (χ4v) is 2.66. The van der Waals surface area contributed by atoms with Crippen molar-refractivity contribution in [2.24, 2.45) is 11.8 Å². The molecule has 2 aliphatic carbocycles. The molecule has 0 saturated heterocycles. The van der Waals surface area contributed by atoms with Crippen LogP contribution in [0, 0.1) is 11.8 Å². The summed E-state index contributed by atoms with van der Waals surface area (Å²) in [6.45, 7) is 3.74. The van der Waals surface area contributed by atoms with Gasteiger partial charge in [-0.2, -0.15) is 4.98 Å². The number of nitrogens with one attached hydrogen (secondary N) is 1. The van der Waals surface area contributed by atoms with Crippen molar-refractivity contribution in [3.05, 3.63) is 11.7 Å². The van der Waals surface area contributed by atoms with Crippen LogP contribution < -0.4 is 5.32 Å². The molecule has 4 heteroatoms. The average Bonchev–Trinajstić information content (AvgIpc) is 2.71. The minimum atomic E-state index is 0.552. The lowest BCUT2D eigenvalue weighted by Gasteiger charge is -2.03. The van der Waals surface area contributed by atoms with Crippen LogP contribution in [0.25, 0.3) is 0 Å². The van der Waals surface area contributed by atoms with E-state index in [2.05, 4.69) is 22.4 Å². The number of hydrogen-bond acceptors (Lipinski definition) is 4. The van der Waals surface area contributed by atoms with Gasteiger partial charge in [-0.25, -0.2) is 0 Å². The Morgan fingerprint density at radius 3 is 2.87 bits per heavy atom. The largest absolute Gasteiger partial charge is 0.339 e. The SMILES string of the molecule is CCNCc1noc(C2CC3CC3C2)n1. The molecule has 1 N–H and O–H groups in total. The molecule has 2 atom stereocenters. The van der Waals surface area contributed by atoms with E-state index in [1.807, 2.05) is 0 Å². The van der Waals surface area contributed by atoms with Crippen molar-refractivity contribution in [3.63, 3.8) is 0 Å². The molecule has 3 rings (SSSR count). The van der Waals surface area contributed by atoms with E-state index in [1.54, 1.807) is 0 Å².